The van der Waals surface area contributed by atoms with Crippen LogP contribution in [0.4, 0.5) is 5.69 Å². The number of anilines is 1. The van der Waals surface area contributed by atoms with Crippen molar-refractivity contribution < 1.29 is 4.74 Å². The molecule has 1 heterocycles. The van der Waals surface area contributed by atoms with E-state index >= 15 is 0 Å². The van der Waals surface area contributed by atoms with Crippen molar-refractivity contribution in [1.82, 2.24) is 4.90 Å². The topological polar surface area (TPSA) is 62.9 Å². The van der Waals surface area contributed by atoms with Crippen LogP contribution < -0.4 is 15.8 Å². The summed E-state index contributed by atoms with van der Waals surface area (Å²) in [5, 5.41) is 3.64. The standard InChI is InChI=1S/C14H21ClN4O/c1-17-14(16)18-12-9-10(15)3-4-13(12)20-11-5-7-19(2)8-6-11/h3-4,9,11H,5-8H2,1-2H3,(H3,16,17,18). The van der Waals surface area contributed by atoms with Crippen LogP contribution in [0, 0.1) is 0 Å². The van der Waals surface area contributed by atoms with E-state index in [-0.39, 0.29) is 6.10 Å². The van der Waals surface area contributed by atoms with Gasteiger partial charge in [0.1, 0.15) is 11.9 Å². The average Bonchev–Trinajstić information content (AvgIpc) is 2.44. The molecule has 1 aromatic carbocycles. The monoisotopic (exact) mass is 296 g/mol. The van der Waals surface area contributed by atoms with E-state index in [4.69, 9.17) is 22.1 Å². The number of nitrogens with zero attached hydrogens (tertiary/aromatic N) is 2. The second kappa shape index (κ2) is 6.81. The molecule has 0 unspecified atom stereocenters. The summed E-state index contributed by atoms with van der Waals surface area (Å²) in [5.74, 6) is 1.09. The average molecular weight is 297 g/mol. The van der Waals surface area contributed by atoms with Crippen molar-refractivity contribution in [2.24, 2.45) is 10.7 Å². The zero-order chi connectivity index (χ0) is 14.5. The number of aliphatic imine (C=N–C) groups is 1. The summed E-state index contributed by atoms with van der Waals surface area (Å²) in [6, 6.07) is 5.48. The molecule has 1 aliphatic heterocycles. The maximum absolute atomic E-state index is 6.08. The van der Waals surface area contributed by atoms with Crippen molar-refractivity contribution in [2.45, 2.75) is 18.9 Å². The van der Waals surface area contributed by atoms with Crippen LogP contribution in [-0.4, -0.2) is 44.1 Å². The number of halogens is 1. The van der Waals surface area contributed by atoms with Crippen LogP contribution >= 0.6 is 11.6 Å². The SMILES string of the molecule is CN=C(N)Nc1cc(Cl)ccc1OC1CCN(C)CC1. The van der Waals surface area contributed by atoms with E-state index < -0.39 is 0 Å². The molecule has 1 aromatic rings. The van der Waals surface area contributed by atoms with Crippen LogP contribution in [0.3, 0.4) is 0 Å². The van der Waals surface area contributed by atoms with Gasteiger partial charge >= 0.3 is 0 Å². The van der Waals surface area contributed by atoms with E-state index in [1.165, 1.54) is 0 Å². The Morgan fingerprint density at radius 1 is 1.45 bits per heavy atom. The summed E-state index contributed by atoms with van der Waals surface area (Å²) in [4.78, 5) is 6.20. The number of piperidine rings is 1. The van der Waals surface area contributed by atoms with Gasteiger partial charge in [-0.1, -0.05) is 11.6 Å². The minimum absolute atomic E-state index is 0.229. The normalized spacial score (nSPS) is 18.1. The third-order valence-corrected chi connectivity index (χ3v) is 3.64. The zero-order valence-electron chi connectivity index (χ0n) is 11.9. The summed E-state index contributed by atoms with van der Waals surface area (Å²) < 4.78 is 6.08. The van der Waals surface area contributed by atoms with Gasteiger partial charge in [-0.3, -0.25) is 4.99 Å². The Morgan fingerprint density at radius 3 is 2.80 bits per heavy atom. The predicted octanol–water partition coefficient (Wildman–Crippen LogP) is 2.17. The van der Waals surface area contributed by atoms with Gasteiger partial charge in [0.25, 0.3) is 0 Å². The van der Waals surface area contributed by atoms with Crippen LogP contribution in [0.15, 0.2) is 23.2 Å². The molecule has 0 saturated carbocycles. The molecular weight excluding hydrogens is 276 g/mol. The molecule has 1 aliphatic rings. The van der Waals surface area contributed by atoms with Crippen molar-refractivity contribution in [3.05, 3.63) is 23.2 Å². The highest BCUT2D eigenvalue weighted by Crippen LogP contribution is 2.30. The van der Waals surface area contributed by atoms with Crippen molar-refractivity contribution in [1.29, 1.82) is 0 Å². The van der Waals surface area contributed by atoms with Gasteiger partial charge in [-0.15, -0.1) is 0 Å². The quantitative estimate of drug-likeness (QED) is 0.663. The molecule has 3 N–H and O–H groups in total. The lowest BCUT2D eigenvalue weighted by molar-refractivity contribution is 0.115. The first-order valence-electron chi connectivity index (χ1n) is 6.72. The maximum atomic E-state index is 6.08. The molecule has 20 heavy (non-hydrogen) atoms. The van der Waals surface area contributed by atoms with E-state index in [0.717, 1.165) is 37.4 Å². The van der Waals surface area contributed by atoms with Gasteiger partial charge < -0.3 is 20.7 Å². The molecule has 5 nitrogen and oxygen atoms in total. The largest absolute Gasteiger partial charge is 0.488 e. The highest BCUT2D eigenvalue weighted by Gasteiger charge is 2.19. The summed E-state index contributed by atoms with van der Waals surface area (Å²) in [6.07, 6.45) is 2.28. The van der Waals surface area contributed by atoms with Crippen LogP contribution in [-0.2, 0) is 0 Å². The molecule has 0 spiro atoms. The van der Waals surface area contributed by atoms with Gasteiger partial charge in [0.15, 0.2) is 5.96 Å². The van der Waals surface area contributed by atoms with Crippen LogP contribution in [0.2, 0.25) is 5.02 Å². The Morgan fingerprint density at radius 2 is 2.15 bits per heavy atom. The Balaban J connectivity index is 2.10. The highest BCUT2D eigenvalue weighted by atomic mass is 35.5. The van der Waals surface area contributed by atoms with E-state index in [9.17, 15) is 0 Å². The Labute approximate surface area is 124 Å². The number of nitrogens with one attached hydrogen (secondary N) is 1. The molecule has 1 fully saturated rings. The number of guanidine groups is 1. The first kappa shape index (κ1) is 14.9. The number of nitrogens with two attached hydrogens (primary N) is 1. The number of likely N-dealkylation sites (tertiary alicyclic amines) is 1. The van der Waals surface area contributed by atoms with Crippen molar-refractivity contribution in [3.63, 3.8) is 0 Å². The summed E-state index contributed by atoms with van der Waals surface area (Å²) in [5.41, 5.74) is 6.46. The minimum atomic E-state index is 0.229. The number of benzene rings is 1. The number of rotatable bonds is 3. The summed E-state index contributed by atoms with van der Waals surface area (Å²) in [6.45, 7) is 2.11. The van der Waals surface area contributed by atoms with Gasteiger partial charge in [-0.05, 0) is 38.1 Å². The second-order valence-corrected chi connectivity index (χ2v) is 5.43. The molecule has 2 rings (SSSR count). The number of hydrogen-bond donors (Lipinski definition) is 2. The summed E-state index contributed by atoms with van der Waals surface area (Å²) >= 11 is 6.02. The third kappa shape index (κ3) is 4.02. The summed E-state index contributed by atoms with van der Waals surface area (Å²) in [7, 11) is 3.76. The van der Waals surface area contributed by atoms with Gasteiger partial charge in [0.2, 0.25) is 0 Å². The van der Waals surface area contributed by atoms with Crippen LogP contribution in [0.1, 0.15) is 12.8 Å². The first-order valence-corrected chi connectivity index (χ1v) is 7.10. The molecule has 0 aromatic heterocycles. The van der Waals surface area contributed by atoms with Gasteiger partial charge in [-0.2, -0.15) is 0 Å². The van der Waals surface area contributed by atoms with E-state index in [2.05, 4.69) is 22.3 Å². The molecular formula is C14H21ClN4O. The van der Waals surface area contributed by atoms with Crippen molar-refractivity contribution in [3.8, 4) is 5.75 Å². The third-order valence-electron chi connectivity index (χ3n) is 3.40. The first-order chi connectivity index (χ1) is 9.58. The van der Waals surface area contributed by atoms with E-state index in [1.54, 1.807) is 13.1 Å². The highest BCUT2D eigenvalue weighted by molar-refractivity contribution is 6.31. The fraction of sp³-hybridized carbons (Fsp3) is 0.500. The molecule has 110 valence electrons. The molecule has 0 amide bonds. The Kier molecular flexibility index (Phi) is 5.09. The van der Waals surface area contributed by atoms with Crippen molar-refractivity contribution in [2.75, 3.05) is 32.5 Å². The van der Waals surface area contributed by atoms with E-state index in [1.807, 2.05) is 12.1 Å². The van der Waals surface area contributed by atoms with Crippen molar-refractivity contribution >= 4 is 23.2 Å². The smallest absolute Gasteiger partial charge is 0.192 e. The molecule has 0 radical (unpaired) electrons. The molecule has 0 bridgehead atoms. The fourth-order valence-electron chi connectivity index (χ4n) is 2.18. The predicted molar refractivity (Wildman–Crippen MR) is 83.8 cm³/mol. The maximum Gasteiger partial charge on any atom is 0.192 e. The number of ether oxygens (including phenoxy) is 1. The molecule has 1 saturated heterocycles. The zero-order valence-corrected chi connectivity index (χ0v) is 12.7. The molecule has 0 atom stereocenters. The van der Waals surface area contributed by atoms with Gasteiger partial charge in [0, 0.05) is 25.2 Å². The van der Waals surface area contributed by atoms with Gasteiger partial charge in [0.05, 0.1) is 5.69 Å². The lowest BCUT2D eigenvalue weighted by atomic mass is 10.1. The van der Waals surface area contributed by atoms with Crippen LogP contribution in [0.5, 0.6) is 5.75 Å². The minimum Gasteiger partial charge on any atom is -0.488 e. The molecule has 6 heteroatoms. The Bertz CT molecular complexity index is 484. The van der Waals surface area contributed by atoms with E-state index in [0.29, 0.717) is 11.0 Å². The number of hydrogen-bond acceptors (Lipinski definition) is 3. The lowest BCUT2D eigenvalue weighted by Gasteiger charge is -2.30. The lowest BCUT2D eigenvalue weighted by Crippen LogP contribution is -2.35. The molecule has 0 aliphatic carbocycles. The van der Waals surface area contributed by atoms with Gasteiger partial charge in [-0.25, -0.2) is 0 Å². The fourth-order valence-corrected chi connectivity index (χ4v) is 2.35. The van der Waals surface area contributed by atoms with Crippen LogP contribution in [0.25, 0.3) is 0 Å². The second-order valence-electron chi connectivity index (χ2n) is 4.99. The Hall–Kier alpha value is -1.46.